The van der Waals surface area contributed by atoms with E-state index in [1.165, 1.54) is 0 Å². The van der Waals surface area contributed by atoms with Gasteiger partial charge in [-0.1, -0.05) is 0 Å². The average molecular weight is 422 g/mol. The second-order valence-corrected chi connectivity index (χ2v) is 6.05. The van der Waals surface area contributed by atoms with Crippen molar-refractivity contribution < 1.29 is 51.1 Å². The lowest BCUT2D eigenvalue weighted by atomic mass is 10.5. The van der Waals surface area contributed by atoms with Crippen molar-refractivity contribution in [3.63, 3.8) is 0 Å². The molecule has 0 unspecified atom stereocenters. The van der Waals surface area contributed by atoms with Gasteiger partial charge in [0.05, 0.1) is 85.4 Å². The van der Waals surface area contributed by atoms with E-state index in [0.717, 1.165) is 0 Å². The van der Waals surface area contributed by atoms with Crippen LogP contribution in [0.5, 0.6) is 0 Å². The van der Waals surface area contributed by atoms with E-state index in [9.17, 15) is 0 Å². The SMILES string of the molecule is CC(C)OCCOCCOCCOCCOCCOCCO.O=S(=O)(O)O. The molecule has 0 saturated heterocycles. The van der Waals surface area contributed by atoms with E-state index in [2.05, 4.69) is 0 Å². The van der Waals surface area contributed by atoms with Crippen LogP contribution in [-0.2, 0) is 38.8 Å². The minimum Gasteiger partial charge on any atom is -0.394 e. The number of aliphatic hydroxyl groups is 1. The lowest BCUT2D eigenvalue weighted by molar-refractivity contribution is -0.0222. The molecule has 0 saturated carbocycles. The quantitative estimate of drug-likeness (QED) is 0.199. The van der Waals surface area contributed by atoms with Crippen LogP contribution in [0.25, 0.3) is 0 Å². The minimum atomic E-state index is -4.67. The topological polar surface area (TPSA) is 150 Å². The third-order valence-corrected chi connectivity index (χ3v) is 2.40. The van der Waals surface area contributed by atoms with Crippen molar-refractivity contribution in [1.82, 2.24) is 0 Å². The average Bonchev–Trinajstić information content (AvgIpc) is 2.56. The summed E-state index contributed by atoms with van der Waals surface area (Å²) in [6, 6.07) is 0. The molecule has 0 radical (unpaired) electrons. The van der Waals surface area contributed by atoms with E-state index in [1.807, 2.05) is 13.8 Å². The van der Waals surface area contributed by atoms with E-state index < -0.39 is 10.4 Å². The Morgan fingerprint density at radius 2 is 0.889 bits per heavy atom. The van der Waals surface area contributed by atoms with Gasteiger partial charge in [-0.2, -0.15) is 8.42 Å². The van der Waals surface area contributed by atoms with Crippen LogP contribution in [0.4, 0.5) is 0 Å². The lowest BCUT2D eigenvalue weighted by Gasteiger charge is -2.09. The number of hydrogen-bond acceptors (Lipinski definition) is 9. The molecule has 0 aliphatic carbocycles. The fourth-order valence-electron chi connectivity index (χ4n) is 1.39. The van der Waals surface area contributed by atoms with Crippen molar-refractivity contribution in [1.29, 1.82) is 0 Å². The summed E-state index contributed by atoms with van der Waals surface area (Å²) in [6.07, 6.45) is 0.244. The van der Waals surface area contributed by atoms with E-state index in [4.69, 9.17) is 51.1 Å². The van der Waals surface area contributed by atoms with Crippen molar-refractivity contribution in [3.05, 3.63) is 0 Å². The first-order valence-corrected chi connectivity index (χ1v) is 9.98. The predicted molar refractivity (Wildman–Crippen MR) is 96.4 cm³/mol. The third kappa shape index (κ3) is 41.2. The Kier molecular flexibility index (Phi) is 23.3. The van der Waals surface area contributed by atoms with Gasteiger partial charge in [-0.3, -0.25) is 9.11 Å². The second kappa shape index (κ2) is 21.9. The van der Waals surface area contributed by atoms with Gasteiger partial charge in [0.1, 0.15) is 0 Å². The molecule has 166 valence electrons. The first kappa shape index (κ1) is 28.8. The minimum absolute atomic E-state index is 0.0415. The standard InChI is InChI=1S/C15H32O7.H2O4S/c1-15(2)22-14-13-21-12-11-20-10-9-19-8-7-18-6-5-17-4-3-16;1-5(2,3)4/h15-16H,3-14H2,1-2H3;(H2,1,2,3,4). The first-order chi connectivity index (χ1) is 12.8. The Morgan fingerprint density at radius 1 is 0.630 bits per heavy atom. The molecule has 12 heteroatoms. The molecule has 0 aromatic rings. The number of aliphatic hydroxyl groups excluding tert-OH is 1. The molecule has 0 heterocycles. The maximum Gasteiger partial charge on any atom is 0.394 e. The molecule has 0 fully saturated rings. The number of ether oxygens (including phenoxy) is 6. The van der Waals surface area contributed by atoms with E-state index in [-0.39, 0.29) is 12.7 Å². The maximum atomic E-state index is 8.74. The lowest BCUT2D eigenvalue weighted by Crippen LogP contribution is -2.15. The van der Waals surface area contributed by atoms with Gasteiger partial charge >= 0.3 is 10.4 Å². The summed E-state index contributed by atoms with van der Waals surface area (Å²) in [4.78, 5) is 0. The second-order valence-electron chi connectivity index (χ2n) is 5.15. The summed E-state index contributed by atoms with van der Waals surface area (Å²) in [5, 5.41) is 8.49. The molecule has 0 amide bonds. The zero-order chi connectivity index (χ0) is 20.8. The Morgan fingerprint density at radius 3 is 1.15 bits per heavy atom. The molecular weight excluding hydrogens is 388 g/mol. The van der Waals surface area contributed by atoms with Crippen molar-refractivity contribution in [2.45, 2.75) is 20.0 Å². The summed E-state index contributed by atoms with van der Waals surface area (Å²) < 4.78 is 63.3. The number of hydrogen-bond donors (Lipinski definition) is 3. The van der Waals surface area contributed by atoms with Crippen LogP contribution in [0, 0.1) is 0 Å². The van der Waals surface area contributed by atoms with Crippen molar-refractivity contribution in [2.24, 2.45) is 0 Å². The van der Waals surface area contributed by atoms with Crippen LogP contribution in [0.15, 0.2) is 0 Å². The van der Waals surface area contributed by atoms with Crippen LogP contribution in [0.3, 0.4) is 0 Å². The van der Waals surface area contributed by atoms with Crippen LogP contribution < -0.4 is 0 Å². The Balaban J connectivity index is 0. The van der Waals surface area contributed by atoms with Crippen LogP contribution in [0.2, 0.25) is 0 Å². The highest BCUT2D eigenvalue weighted by Gasteiger charge is 1.95. The molecule has 3 N–H and O–H groups in total. The summed E-state index contributed by atoms with van der Waals surface area (Å²) >= 11 is 0. The fourth-order valence-corrected chi connectivity index (χ4v) is 1.39. The highest BCUT2D eigenvalue weighted by molar-refractivity contribution is 7.79. The molecule has 0 aromatic heterocycles. The maximum absolute atomic E-state index is 8.74. The van der Waals surface area contributed by atoms with Gasteiger partial charge in [0.25, 0.3) is 0 Å². The molecule has 0 atom stereocenters. The van der Waals surface area contributed by atoms with Crippen molar-refractivity contribution >= 4 is 10.4 Å². The van der Waals surface area contributed by atoms with Gasteiger partial charge in [-0.05, 0) is 13.8 Å². The van der Waals surface area contributed by atoms with Crippen molar-refractivity contribution in [3.8, 4) is 0 Å². The zero-order valence-electron chi connectivity index (χ0n) is 16.1. The van der Waals surface area contributed by atoms with Crippen LogP contribution in [-0.4, -0.2) is 108 Å². The summed E-state index contributed by atoms with van der Waals surface area (Å²) in [7, 11) is -4.67. The molecule has 27 heavy (non-hydrogen) atoms. The molecule has 0 spiro atoms. The molecule has 0 bridgehead atoms. The Hall–Kier alpha value is -0.410. The highest BCUT2D eigenvalue weighted by Crippen LogP contribution is 1.88. The summed E-state index contributed by atoms with van der Waals surface area (Å²) in [5.74, 6) is 0. The van der Waals surface area contributed by atoms with Gasteiger partial charge in [0.15, 0.2) is 0 Å². The van der Waals surface area contributed by atoms with Gasteiger partial charge < -0.3 is 33.5 Å². The third-order valence-electron chi connectivity index (χ3n) is 2.40. The first-order valence-electron chi connectivity index (χ1n) is 8.58. The predicted octanol–water partition coefficient (Wildman–Crippen LogP) is -0.166. The Bertz CT molecular complexity index is 368. The monoisotopic (exact) mass is 422 g/mol. The molecule has 0 aliphatic heterocycles. The van der Waals surface area contributed by atoms with Gasteiger partial charge in [-0.25, -0.2) is 0 Å². The smallest absolute Gasteiger partial charge is 0.394 e. The van der Waals surface area contributed by atoms with E-state index >= 15 is 0 Å². The van der Waals surface area contributed by atoms with Gasteiger partial charge in [0, 0.05) is 0 Å². The van der Waals surface area contributed by atoms with Gasteiger partial charge in [0.2, 0.25) is 0 Å². The molecular formula is C15H34O11S. The van der Waals surface area contributed by atoms with E-state index in [1.54, 1.807) is 0 Å². The van der Waals surface area contributed by atoms with Crippen LogP contribution in [0.1, 0.15) is 13.8 Å². The van der Waals surface area contributed by atoms with Crippen molar-refractivity contribution in [2.75, 3.05) is 79.3 Å². The summed E-state index contributed by atoms with van der Waals surface area (Å²) in [5.41, 5.74) is 0. The van der Waals surface area contributed by atoms with E-state index in [0.29, 0.717) is 72.7 Å². The molecule has 0 rings (SSSR count). The fraction of sp³-hybridized carbons (Fsp3) is 1.00. The molecule has 0 aromatic carbocycles. The normalized spacial score (nSPS) is 11.5. The highest BCUT2D eigenvalue weighted by atomic mass is 32.3. The largest absolute Gasteiger partial charge is 0.394 e. The summed E-state index contributed by atoms with van der Waals surface area (Å²) in [6.45, 7) is 9.89. The zero-order valence-corrected chi connectivity index (χ0v) is 16.9. The molecule has 0 aliphatic rings. The van der Waals surface area contributed by atoms with Gasteiger partial charge in [-0.15, -0.1) is 0 Å². The molecule has 11 nitrogen and oxygen atoms in total. The van der Waals surface area contributed by atoms with Crippen LogP contribution >= 0.6 is 0 Å². The Labute approximate surface area is 161 Å². The number of rotatable bonds is 18.